The Kier molecular flexibility index (Phi) is 5.75. The van der Waals surface area contributed by atoms with Crippen LogP contribution in [0.25, 0.3) is 22.3 Å². The van der Waals surface area contributed by atoms with Crippen molar-refractivity contribution in [2.24, 2.45) is 0 Å². The van der Waals surface area contributed by atoms with E-state index in [-0.39, 0.29) is 6.10 Å². The Morgan fingerprint density at radius 2 is 2.00 bits per heavy atom. The molecule has 7 nitrogen and oxygen atoms in total. The summed E-state index contributed by atoms with van der Waals surface area (Å²) in [5.41, 5.74) is 8.64. The maximum absolute atomic E-state index is 6.47. The molecule has 32 heavy (non-hydrogen) atoms. The molecule has 162 valence electrons. The molecule has 0 amide bonds. The third-order valence-corrected chi connectivity index (χ3v) is 5.61. The van der Waals surface area contributed by atoms with Gasteiger partial charge in [0.05, 0.1) is 21.6 Å². The first-order valence-electron chi connectivity index (χ1n) is 10.4. The number of pyridine rings is 1. The van der Waals surface area contributed by atoms with Crippen molar-refractivity contribution >= 4 is 28.3 Å². The lowest BCUT2D eigenvalue weighted by atomic mass is 10.1. The van der Waals surface area contributed by atoms with Gasteiger partial charge in [-0.25, -0.2) is 9.97 Å². The van der Waals surface area contributed by atoms with Gasteiger partial charge in [0, 0.05) is 18.3 Å². The summed E-state index contributed by atoms with van der Waals surface area (Å²) in [7, 11) is 0. The highest BCUT2D eigenvalue weighted by atomic mass is 35.5. The second-order valence-electron chi connectivity index (χ2n) is 7.57. The van der Waals surface area contributed by atoms with Gasteiger partial charge >= 0.3 is 0 Å². The molecule has 2 aromatic carbocycles. The van der Waals surface area contributed by atoms with Gasteiger partial charge in [0.2, 0.25) is 0 Å². The fourth-order valence-electron chi connectivity index (χ4n) is 3.71. The Balaban J connectivity index is 1.41. The first kappa shape index (κ1) is 20.5. The summed E-state index contributed by atoms with van der Waals surface area (Å²) in [4.78, 5) is 13.5. The number of ether oxygens (including phenoxy) is 2. The molecule has 1 fully saturated rings. The number of nitrogens with zero attached hydrogens (tertiary/aromatic N) is 3. The molecule has 4 aromatic rings. The largest absolute Gasteiger partial charge is 0.488 e. The van der Waals surface area contributed by atoms with Crippen LogP contribution in [0.15, 0.2) is 60.8 Å². The molecule has 1 aliphatic rings. The van der Waals surface area contributed by atoms with Crippen LogP contribution in [0.2, 0.25) is 5.02 Å². The summed E-state index contributed by atoms with van der Waals surface area (Å²) in [6.07, 6.45) is 2.81. The molecule has 1 saturated heterocycles. The zero-order valence-corrected chi connectivity index (χ0v) is 18.0. The number of halogens is 1. The summed E-state index contributed by atoms with van der Waals surface area (Å²) in [6.45, 7) is 2.11. The number of benzene rings is 2. The molecular weight excluding hydrogens is 426 g/mol. The molecular formula is C24H22ClN5O2. The minimum atomic E-state index is 0.122. The zero-order valence-electron chi connectivity index (χ0n) is 17.3. The van der Waals surface area contributed by atoms with Gasteiger partial charge in [-0.3, -0.25) is 4.98 Å². The van der Waals surface area contributed by atoms with Crippen molar-refractivity contribution < 1.29 is 9.47 Å². The predicted octanol–water partition coefficient (Wildman–Crippen LogP) is 4.25. The van der Waals surface area contributed by atoms with Crippen LogP contribution in [0.5, 0.6) is 11.5 Å². The molecule has 0 saturated carbocycles. The topological polar surface area (TPSA) is 95.2 Å². The molecule has 1 atom stereocenters. The van der Waals surface area contributed by atoms with Crippen molar-refractivity contribution in [3.05, 3.63) is 71.5 Å². The van der Waals surface area contributed by atoms with Crippen molar-refractivity contribution in [1.29, 1.82) is 0 Å². The molecule has 0 radical (unpaired) electrons. The highest BCUT2D eigenvalue weighted by molar-refractivity contribution is 6.32. The highest BCUT2D eigenvalue weighted by Gasteiger charge is 2.19. The van der Waals surface area contributed by atoms with Crippen molar-refractivity contribution in [2.75, 3.05) is 18.8 Å². The van der Waals surface area contributed by atoms with Gasteiger partial charge in [0.15, 0.2) is 5.82 Å². The first-order valence-corrected chi connectivity index (χ1v) is 10.8. The second kappa shape index (κ2) is 8.98. The third-order valence-electron chi connectivity index (χ3n) is 5.31. The van der Waals surface area contributed by atoms with E-state index >= 15 is 0 Å². The number of nitrogen functional groups attached to an aromatic ring is 1. The maximum atomic E-state index is 6.47. The van der Waals surface area contributed by atoms with Gasteiger partial charge in [-0.05, 0) is 55.4 Å². The fraction of sp³-hybridized carbons (Fsp3) is 0.208. The summed E-state index contributed by atoms with van der Waals surface area (Å²) in [6, 6.07) is 16.9. The van der Waals surface area contributed by atoms with Gasteiger partial charge in [0.25, 0.3) is 0 Å². The molecule has 5 rings (SSSR count). The second-order valence-corrected chi connectivity index (χ2v) is 7.98. The van der Waals surface area contributed by atoms with E-state index in [1.807, 2.05) is 42.5 Å². The smallest absolute Gasteiger partial charge is 0.162 e. The van der Waals surface area contributed by atoms with Crippen LogP contribution in [-0.4, -0.2) is 34.1 Å². The lowest BCUT2D eigenvalue weighted by Gasteiger charge is -2.15. The number of fused-ring (bicyclic) bond motifs is 1. The van der Waals surface area contributed by atoms with Crippen molar-refractivity contribution in [3.63, 3.8) is 0 Å². The van der Waals surface area contributed by atoms with Crippen LogP contribution >= 0.6 is 11.6 Å². The van der Waals surface area contributed by atoms with Gasteiger partial charge in [-0.15, -0.1) is 0 Å². The Morgan fingerprint density at radius 1 is 1.06 bits per heavy atom. The highest BCUT2D eigenvalue weighted by Crippen LogP contribution is 2.34. The summed E-state index contributed by atoms with van der Waals surface area (Å²) < 4.78 is 12.0. The number of nitrogens with two attached hydrogens (primary N) is 1. The molecule has 0 spiro atoms. The fourth-order valence-corrected chi connectivity index (χ4v) is 3.94. The molecule has 3 heterocycles. The van der Waals surface area contributed by atoms with Crippen LogP contribution in [0, 0.1) is 0 Å². The van der Waals surface area contributed by atoms with E-state index in [0.29, 0.717) is 34.8 Å². The number of hydrogen-bond donors (Lipinski definition) is 2. The molecule has 3 N–H and O–H groups in total. The van der Waals surface area contributed by atoms with Crippen LogP contribution in [0.1, 0.15) is 12.1 Å². The van der Waals surface area contributed by atoms with Crippen LogP contribution in [0.4, 0.5) is 5.82 Å². The standard InChI is InChI=1S/C24H22ClN5O2/c25-18-12-15(7-8-20(18)31-14-16-4-1-2-10-28-16)24-29-19-5-3-6-21(22(19)23(26)30-24)32-17-9-11-27-13-17/h1-8,10,12,17,27H,9,11,13-14H2,(H2,26,29,30)/t17-/m1/s1. The monoisotopic (exact) mass is 447 g/mol. The normalized spacial score (nSPS) is 15.7. The Hall–Kier alpha value is -3.42. The zero-order chi connectivity index (χ0) is 21.9. The number of nitrogens with one attached hydrogen (secondary N) is 1. The lowest BCUT2D eigenvalue weighted by molar-refractivity contribution is 0.226. The number of aromatic nitrogens is 3. The quantitative estimate of drug-likeness (QED) is 0.456. The summed E-state index contributed by atoms with van der Waals surface area (Å²) >= 11 is 6.47. The third kappa shape index (κ3) is 4.30. The summed E-state index contributed by atoms with van der Waals surface area (Å²) in [5, 5.41) is 4.49. The molecule has 0 unspecified atom stereocenters. The molecule has 2 aromatic heterocycles. The molecule has 1 aliphatic heterocycles. The van der Waals surface area contributed by atoms with Crippen molar-refractivity contribution in [1.82, 2.24) is 20.3 Å². The molecule has 8 heteroatoms. The van der Waals surface area contributed by atoms with E-state index in [4.69, 9.17) is 31.8 Å². The van der Waals surface area contributed by atoms with Crippen LogP contribution < -0.4 is 20.5 Å². The average molecular weight is 448 g/mol. The van der Waals surface area contributed by atoms with Crippen LogP contribution in [-0.2, 0) is 6.61 Å². The Labute approximate surface area is 190 Å². The first-order chi connectivity index (χ1) is 15.7. The number of rotatable bonds is 6. The van der Waals surface area contributed by atoms with Gasteiger partial charge < -0.3 is 20.5 Å². The van der Waals surface area contributed by atoms with E-state index in [0.717, 1.165) is 41.7 Å². The van der Waals surface area contributed by atoms with E-state index in [1.165, 1.54) is 0 Å². The number of hydrogen-bond acceptors (Lipinski definition) is 7. The Bertz CT molecular complexity index is 1250. The van der Waals surface area contributed by atoms with Crippen LogP contribution in [0.3, 0.4) is 0 Å². The SMILES string of the molecule is Nc1nc(-c2ccc(OCc3ccccn3)c(Cl)c2)nc2cccc(O[C@@H]3CCNC3)c12. The minimum Gasteiger partial charge on any atom is -0.488 e. The predicted molar refractivity (Wildman–Crippen MR) is 125 cm³/mol. The van der Waals surface area contributed by atoms with Crippen molar-refractivity contribution in [3.8, 4) is 22.9 Å². The van der Waals surface area contributed by atoms with E-state index < -0.39 is 0 Å². The summed E-state index contributed by atoms with van der Waals surface area (Å²) in [5.74, 6) is 2.14. The molecule has 0 bridgehead atoms. The van der Waals surface area contributed by atoms with E-state index in [2.05, 4.69) is 15.3 Å². The average Bonchev–Trinajstić information content (AvgIpc) is 3.32. The van der Waals surface area contributed by atoms with Crippen molar-refractivity contribution in [2.45, 2.75) is 19.1 Å². The van der Waals surface area contributed by atoms with Gasteiger partial charge in [-0.1, -0.05) is 23.7 Å². The number of anilines is 1. The Morgan fingerprint density at radius 3 is 2.78 bits per heavy atom. The van der Waals surface area contributed by atoms with Gasteiger partial charge in [-0.2, -0.15) is 0 Å². The molecule has 0 aliphatic carbocycles. The van der Waals surface area contributed by atoms with Gasteiger partial charge in [0.1, 0.15) is 30.0 Å². The van der Waals surface area contributed by atoms with E-state index in [1.54, 1.807) is 18.3 Å². The van der Waals surface area contributed by atoms with E-state index in [9.17, 15) is 0 Å². The lowest BCUT2D eigenvalue weighted by Crippen LogP contribution is -2.19. The maximum Gasteiger partial charge on any atom is 0.162 e. The minimum absolute atomic E-state index is 0.122.